The van der Waals surface area contributed by atoms with Crippen molar-refractivity contribution >= 4 is 0 Å². The Morgan fingerprint density at radius 2 is 2.00 bits per heavy atom. The van der Waals surface area contributed by atoms with Crippen LogP contribution in [0.25, 0.3) is 11.5 Å². The number of hydrogen-bond donors (Lipinski definition) is 2. The average molecular weight is 303 g/mol. The summed E-state index contributed by atoms with van der Waals surface area (Å²) in [7, 11) is 0. The molecule has 22 heavy (non-hydrogen) atoms. The van der Waals surface area contributed by atoms with E-state index in [0.717, 1.165) is 18.5 Å². The zero-order valence-corrected chi connectivity index (χ0v) is 12.5. The van der Waals surface area contributed by atoms with Crippen LogP contribution >= 0.6 is 0 Å². The van der Waals surface area contributed by atoms with Gasteiger partial charge in [-0.15, -0.1) is 0 Å². The van der Waals surface area contributed by atoms with E-state index in [0.29, 0.717) is 37.6 Å². The van der Waals surface area contributed by atoms with Gasteiger partial charge in [-0.1, -0.05) is 23.4 Å². The highest BCUT2D eigenvalue weighted by molar-refractivity contribution is 5.51. The van der Waals surface area contributed by atoms with E-state index < -0.39 is 5.60 Å². The first-order chi connectivity index (χ1) is 10.7. The van der Waals surface area contributed by atoms with E-state index in [-0.39, 0.29) is 6.61 Å². The number of aromatic nitrogens is 2. The van der Waals surface area contributed by atoms with Crippen LogP contribution in [0.2, 0.25) is 0 Å². The number of nitrogens with zero attached hydrogens (tertiary/aromatic N) is 3. The van der Waals surface area contributed by atoms with Crippen LogP contribution in [0, 0.1) is 0 Å². The molecule has 6 nitrogen and oxygen atoms in total. The molecule has 1 aliphatic rings. The van der Waals surface area contributed by atoms with Crippen molar-refractivity contribution in [3.63, 3.8) is 0 Å². The van der Waals surface area contributed by atoms with Crippen LogP contribution in [0.1, 0.15) is 25.1 Å². The fourth-order valence-electron chi connectivity index (χ4n) is 2.77. The van der Waals surface area contributed by atoms with Crippen molar-refractivity contribution in [2.45, 2.75) is 31.4 Å². The second-order valence-electron chi connectivity index (χ2n) is 5.89. The van der Waals surface area contributed by atoms with Gasteiger partial charge in [0.1, 0.15) is 0 Å². The molecule has 1 aliphatic heterocycles. The topological polar surface area (TPSA) is 82.6 Å². The maximum absolute atomic E-state index is 10.2. The van der Waals surface area contributed by atoms with E-state index in [1.807, 2.05) is 30.3 Å². The van der Waals surface area contributed by atoms with Crippen molar-refractivity contribution in [3.8, 4) is 11.5 Å². The Morgan fingerprint density at radius 3 is 2.77 bits per heavy atom. The molecule has 1 fully saturated rings. The molecule has 118 valence electrons. The zero-order chi connectivity index (χ0) is 15.4. The van der Waals surface area contributed by atoms with Gasteiger partial charge in [0.25, 0.3) is 5.89 Å². The van der Waals surface area contributed by atoms with Gasteiger partial charge in [0, 0.05) is 12.1 Å². The summed E-state index contributed by atoms with van der Waals surface area (Å²) in [6, 6.07) is 9.68. The predicted molar refractivity (Wildman–Crippen MR) is 80.9 cm³/mol. The van der Waals surface area contributed by atoms with Crippen LogP contribution in [0.4, 0.5) is 0 Å². The summed E-state index contributed by atoms with van der Waals surface area (Å²) in [5, 5.41) is 23.5. The number of likely N-dealkylation sites (tertiary alicyclic amines) is 1. The number of aliphatic hydroxyl groups excluding tert-OH is 1. The van der Waals surface area contributed by atoms with Crippen molar-refractivity contribution in [3.05, 3.63) is 36.2 Å². The smallest absolute Gasteiger partial charge is 0.257 e. The van der Waals surface area contributed by atoms with Gasteiger partial charge in [0.15, 0.2) is 5.82 Å². The molecule has 0 bridgehead atoms. The maximum atomic E-state index is 10.2. The van der Waals surface area contributed by atoms with Gasteiger partial charge in [-0.25, -0.2) is 0 Å². The highest BCUT2D eigenvalue weighted by Gasteiger charge is 2.29. The summed E-state index contributed by atoms with van der Waals surface area (Å²) in [5.74, 6) is 1.17. The van der Waals surface area contributed by atoms with Gasteiger partial charge >= 0.3 is 0 Å². The van der Waals surface area contributed by atoms with Crippen molar-refractivity contribution in [1.29, 1.82) is 0 Å². The Bertz CT molecular complexity index is 602. The van der Waals surface area contributed by atoms with Crippen molar-refractivity contribution < 1.29 is 14.7 Å². The third-order valence-corrected chi connectivity index (χ3v) is 4.16. The van der Waals surface area contributed by atoms with Crippen LogP contribution in [0.3, 0.4) is 0 Å². The van der Waals surface area contributed by atoms with Gasteiger partial charge in [-0.3, -0.25) is 4.90 Å². The Kier molecular flexibility index (Phi) is 4.52. The first kappa shape index (κ1) is 15.1. The molecule has 1 saturated heterocycles. The van der Waals surface area contributed by atoms with Crippen LogP contribution in [0.15, 0.2) is 34.9 Å². The minimum atomic E-state index is -0.943. The van der Waals surface area contributed by atoms with E-state index in [1.165, 1.54) is 0 Å². The van der Waals surface area contributed by atoms with E-state index in [1.54, 1.807) is 0 Å². The third-order valence-electron chi connectivity index (χ3n) is 4.16. The van der Waals surface area contributed by atoms with Crippen molar-refractivity contribution in [1.82, 2.24) is 15.0 Å². The van der Waals surface area contributed by atoms with E-state index in [2.05, 4.69) is 15.0 Å². The molecule has 0 unspecified atom stereocenters. The molecule has 0 radical (unpaired) electrons. The van der Waals surface area contributed by atoms with Gasteiger partial charge in [0.2, 0.25) is 0 Å². The fourth-order valence-corrected chi connectivity index (χ4v) is 2.77. The Balaban J connectivity index is 1.63. The second-order valence-corrected chi connectivity index (χ2v) is 5.89. The molecule has 2 N–H and O–H groups in total. The molecular weight excluding hydrogens is 282 g/mol. The predicted octanol–water partition coefficient (Wildman–Crippen LogP) is 1.45. The van der Waals surface area contributed by atoms with Crippen LogP contribution in [0.5, 0.6) is 0 Å². The lowest BCUT2D eigenvalue weighted by molar-refractivity contribution is -0.0255. The highest BCUT2D eigenvalue weighted by atomic mass is 16.5. The van der Waals surface area contributed by atoms with Crippen molar-refractivity contribution in [2.75, 3.05) is 19.7 Å². The second kappa shape index (κ2) is 6.56. The summed E-state index contributed by atoms with van der Waals surface area (Å²) in [6.45, 7) is 1.99. The minimum absolute atomic E-state index is 0.179. The molecular formula is C16H21N3O3. The highest BCUT2D eigenvalue weighted by Crippen LogP contribution is 2.23. The first-order valence-corrected chi connectivity index (χ1v) is 7.62. The monoisotopic (exact) mass is 303 g/mol. The number of rotatable bonds is 4. The SMILES string of the molecule is OC[C@@]1(O)CCCN(Cc2noc(-c3ccccc3)n2)CC1. The molecule has 3 rings (SSSR count). The van der Waals surface area contributed by atoms with Gasteiger partial charge in [0.05, 0.1) is 18.8 Å². The molecule has 6 heteroatoms. The maximum Gasteiger partial charge on any atom is 0.257 e. The largest absolute Gasteiger partial charge is 0.393 e. The summed E-state index contributed by atoms with van der Waals surface area (Å²) in [6.07, 6.45) is 2.04. The Labute approximate surface area is 129 Å². The molecule has 1 aromatic carbocycles. The zero-order valence-electron chi connectivity index (χ0n) is 12.5. The normalized spacial score (nSPS) is 23.4. The van der Waals surface area contributed by atoms with E-state index in [4.69, 9.17) is 4.52 Å². The molecule has 0 spiro atoms. The van der Waals surface area contributed by atoms with Crippen LogP contribution in [-0.4, -0.2) is 50.6 Å². The third kappa shape index (κ3) is 3.52. The summed E-state index contributed by atoms with van der Waals surface area (Å²) < 4.78 is 5.31. The quantitative estimate of drug-likeness (QED) is 0.889. The van der Waals surface area contributed by atoms with Gasteiger partial charge in [-0.2, -0.15) is 4.98 Å². The molecule has 2 heterocycles. The molecule has 2 aromatic rings. The Morgan fingerprint density at radius 1 is 1.18 bits per heavy atom. The first-order valence-electron chi connectivity index (χ1n) is 7.62. The molecule has 1 atom stereocenters. The minimum Gasteiger partial charge on any atom is -0.393 e. The molecule has 1 aromatic heterocycles. The van der Waals surface area contributed by atoms with Crippen LogP contribution < -0.4 is 0 Å². The summed E-state index contributed by atoms with van der Waals surface area (Å²) >= 11 is 0. The number of aliphatic hydroxyl groups is 2. The standard InChI is InChI=1S/C16H21N3O3/c20-12-16(21)7-4-9-19(10-8-16)11-14-17-15(22-18-14)13-5-2-1-3-6-13/h1-3,5-6,20-21H,4,7-12H2/t16-/m1/s1. The molecule has 0 aliphatic carbocycles. The van der Waals surface area contributed by atoms with Crippen LogP contribution in [-0.2, 0) is 6.54 Å². The lowest BCUT2D eigenvalue weighted by Gasteiger charge is -2.23. The van der Waals surface area contributed by atoms with E-state index >= 15 is 0 Å². The fraction of sp³-hybridized carbons (Fsp3) is 0.500. The molecule has 0 amide bonds. The Hall–Kier alpha value is -1.76. The van der Waals surface area contributed by atoms with Gasteiger partial charge in [-0.05, 0) is 37.9 Å². The lowest BCUT2D eigenvalue weighted by atomic mass is 9.96. The summed E-state index contributed by atoms with van der Waals surface area (Å²) in [5.41, 5.74) is -0.0342. The molecule has 0 saturated carbocycles. The number of benzene rings is 1. The lowest BCUT2D eigenvalue weighted by Crippen LogP contribution is -2.34. The van der Waals surface area contributed by atoms with Crippen molar-refractivity contribution in [2.24, 2.45) is 0 Å². The number of hydrogen-bond acceptors (Lipinski definition) is 6. The van der Waals surface area contributed by atoms with E-state index in [9.17, 15) is 10.2 Å². The average Bonchev–Trinajstić information content (AvgIpc) is 2.93. The summed E-state index contributed by atoms with van der Waals surface area (Å²) in [4.78, 5) is 6.62. The van der Waals surface area contributed by atoms with Gasteiger partial charge < -0.3 is 14.7 Å².